The number of hydrogen-bond donors (Lipinski definition) is 2. The number of rotatable bonds is 3. The first-order valence-electron chi connectivity index (χ1n) is 7.03. The second-order valence-corrected chi connectivity index (χ2v) is 5.09. The Kier molecular flexibility index (Phi) is 3.80. The van der Waals surface area contributed by atoms with E-state index in [0.29, 0.717) is 16.9 Å². The fourth-order valence-electron chi connectivity index (χ4n) is 2.32. The summed E-state index contributed by atoms with van der Waals surface area (Å²) < 4.78 is 4.70. The first kappa shape index (κ1) is 14.8. The Balaban J connectivity index is 1.92. The molecular formula is C17H15N3O3. The first-order valence-corrected chi connectivity index (χ1v) is 7.03. The number of esters is 1. The first-order chi connectivity index (χ1) is 11.1. The summed E-state index contributed by atoms with van der Waals surface area (Å²) in [5.41, 5.74) is 2.86. The maximum atomic E-state index is 12.5. The second kappa shape index (κ2) is 5.92. The number of methoxy groups -OCH3 is 1. The fraction of sp³-hybridized carbons (Fsp3) is 0.118. The van der Waals surface area contributed by atoms with E-state index in [0.717, 1.165) is 16.5 Å². The van der Waals surface area contributed by atoms with Gasteiger partial charge in [-0.15, -0.1) is 0 Å². The highest BCUT2D eigenvalue weighted by Gasteiger charge is 2.16. The molecule has 2 N–H and O–H groups in total. The average molecular weight is 309 g/mol. The Morgan fingerprint density at radius 2 is 1.96 bits per heavy atom. The summed E-state index contributed by atoms with van der Waals surface area (Å²) in [6.45, 7) is 1.85. The van der Waals surface area contributed by atoms with Gasteiger partial charge in [0, 0.05) is 11.1 Å². The minimum atomic E-state index is -0.453. The van der Waals surface area contributed by atoms with Gasteiger partial charge in [-0.1, -0.05) is 24.3 Å². The number of amides is 1. The lowest BCUT2D eigenvalue weighted by atomic mass is 10.1. The molecule has 3 rings (SSSR count). The van der Waals surface area contributed by atoms with Gasteiger partial charge in [0.2, 0.25) is 0 Å². The molecule has 0 spiro atoms. The minimum Gasteiger partial charge on any atom is -0.465 e. The van der Waals surface area contributed by atoms with E-state index in [1.54, 1.807) is 18.2 Å². The highest BCUT2D eigenvalue weighted by molar-refractivity contribution is 6.11. The van der Waals surface area contributed by atoms with Crippen LogP contribution >= 0.6 is 0 Å². The van der Waals surface area contributed by atoms with E-state index in [1.165, 1.54) is 7.11 Å². The van der Waals surface area contributed by atoms with E-state index in [4.69, 9.17) is 4.74 Å². The molecule has 23 heavy (non-hydrogen) atoms. The standard InChI is InChI=1S/C17H15N3O3/c1-10-7-8-11(17(22)23-2)9-14(10)18-16(21)15-12-5-3-4-6-13(12)19-20-15/h3-9H,1-2H3,(H,18,21)(H,19,20). The lowest BCUT2D eigenvalue weighted by molar-refractivity contribution is 0.0600. The summed E-state index contributed by atoms with van der Waals surface area (Å²) in [6.07, 6.45) is 0. The molecule has 1 heterocycles. The summed E-state index contributed by atoms with van der Waals surface area (Å²) in [5, 5.41) is 10.4. The van der Waals surface area contributed by atoms with E-state index in [9.17, 15) is 9.59 Å². The van der Waals surface area contributed by atoms with Gasteiger partial charge in [-0.25, -0.2) is 4.79 Å². The molecule has 0 unspecified atom stereocenters. The second-order valence-electron chi connectivity index (χ2n) is 5.09. The Morgan fingerprint density at radius 3 is 2.74 bits per heavy atom. The number of carbonyl (C=O) groups is 2. The van der Waals surface area contributed by atoms with E-state index in [1.807, 2.05) is 31.2 Å². The SMILES string of the molecule is COC(=O)c1ccc(C)c(NC(=O)c2n[nH]c3ccccc23)c1. The van der Waals surface area contributed by atoms with Crippen molar-refractivity contribution < 1.29 is 14.3 Å². The number of H-pyrrole nitrogens is 1. The number of benzene rings is 2. The molecule has 0 radical (unpaired) electrons. The van der Waals surface area contributed by atoms with Gasteiger partial charge in [0.1, 0.15) is 0 Å². The fourth-order valence-corrected chi connectivity index (χ4v) is 2.32. The molecule has 0 atom stereocenters. The Bertz CT molecular complexity index is 899. The van der Waals surface area contributed by atoms with Crippen LogP contribution < -0.4 is 5.32 Å². The number of fused-ring (bicyclic) bond motifs is 1. The summed E-state index contributed by atoms with van der Waals surface area (Å²) in [7, 11) is 1.32. The van der Waals surface area contributed by atoms with Gasteiger partial charge in [-0.2, -0.15) is 5.10 Å². The largest absolute Gasteiger partial charge is 0.465 e. The quantitative estimate of drug-likeness (QED) is 0.729. The van der Waals surface area contributed by atoms with Crippen LogP contribution in [0.5, 0.6) is 0 Å². The Hall–Kier alpha value is -3.15. The summed E-state index contributed by atoms with van der Waals surface area (Å²) in [4.78, 5) is 24.1. The van der Waals surface area contributed by atoms with Crippen LogP contribution in [0.4, 0.5) is 5.69 Å². The van der Waals surface area contributed by atoms with Crippen LogP contribution in [0.25, 0.3) is 10.9 Å². The van der Waals surface area contributed by atoms with Crippen LogP contribution in [0.1, 0.15) is 26.4 Å². The highest BCUT2D eigenvalue weighted by Crippen LogP contribution is 2.20. The van der Waals surface area contributed by atoms with Crippen LogP contribution in [-0.4, -0.2) is 29.2 Å². The molecule has 0 aliphatic heterocycles. The predicted molar refractivity (Wildman–Crippen MR) is 86.6 cm³/mol. The van der Waals surface area contributed by atoms with Crippen LogP contribution in [0, 0.1) is 6.92 Å². The van der Waals surface area contributed by atoms with Gasteiger partial charge in [0.15, 0.2) is 5.69 Å². The zero-order chi connectivity index (χ0) is 16.4. The van der Waals surface area contributed by atoms with Gasteiger partial charge in [-0.3, -0.25) is 9.89 Å². The zero-order valence-electron chi connectivity index (χ0n) is 12.7. The highest BCUT2D eigenvalue weighted by atomic mass is 16.5. The van der Waals surface area contributed by atoms with Crippen LogP contribution in [-0.2, 0) is 4.74 Å². The maximum absolute atomic E-state index is 12.5. The van der Waals surface area contributed by atoms with E-state index < -0.39 is 5.97 Å². The molecule has 1 aromatic heterocycles. The number of para-hydroxylation sites is 1. The number of carbonyl (C=O) groups excluding carboxylic acids is 2. The van der Waals surface area contributed by atoms with E-state index in [-0.39, 0.29) is 5.91 Å². The van der Waals surface area contributed by atoms with Crippen LogP contribution in [0.15, 0.2) is 42.5 Å². The number of aromatic nitrogens is 2. The third kappa shape index (κ3) is 2.78. The lowest BCUT2D eigenvalue weighted by Gasteiger charge is -2.09. The molecule has 3 aromatic rings. The van der Waals surface area contributed by atoms with Crippen molar-refractivity contribution in [2.24, 2.45) is 0 Å². The Morgan fingerprint density at radius 1 is 1.17 bits per heavy atom. The molecule has 6 heteroatoms. The summed E-state index contributed by atoms with van der Waals surface area (Å²) in [5.74, 6) is -0.793. The number of ether oxygens (including phenoxy) is 1. The molecule has 1 amide bonds. The molecular weight excluding hydrogens is 294 g/mol. The van der Waals surface area contributed by atoms with Crippen molar-refractivity contribution in [1.82, 2.24) is 10.2 Å². The normalized spacial score (nSPS) is 10.5. The number of aryl methyl sites for hydroxylation is 1. The van der Waals surface area contributed by atoms with Gasteiger partial charge in [-0.05, 0) is 30.7 Å². The number of nitrogens with zero attached hydrogens (tertiary/aromatic N) is 1. The number of nitrogens with one attached hydrogen (secondary N) is 2. The topological polar surface area (TPSA) is 84.1 Å². The predicted octanol–water partition coefficient (Wildman–Crippen LogP) is 2.91. The molecule has 2 aromatic carbocycles. The van der Waals surface area contributed by atoms with Crippen molar-refractivity contribution >= 4 is 28.5 Å². The lowest BCUT2D eigenvalue weighted by Crippen LogP contribution is -2.14. The molecule has 0 saturated heterocycles. The van der Waals surface area contributed by atoms with Crippen LogP contribution in [0.3, 0.4) is 0 Å². The van der Waals surface area contributed by atoms with Gasteiger partial charge < -0.3 is 10.1 Å². The van der Waals surface area contributed by atoms with Crippen LogP contribution in [0.2, 0.25) is 0 Å². The molecule has 0 fully saturated rings. The average Bonchev–Trinajstić information content (AvgIpc) is 3.00. The molecule has 0 aliphatic rings. The molecule has 0 bridgehead atoms. The van der Waals surface area contributed by atoms with Crippen molar-refractivity contribution in [3.05, 3.63) is 59.3 Å². The minimum absolute atomic E-state index is 0.309. The third-order valence-electron chi connectivity index (χ3n) is 3.59. The van der Waals surface area contributed by atoms with Crippen molar-refractivity contribution in [2.45, 2.75) is 6.92 Å². The zero-order valence-corrected chi connectivity index (χ0v) is 12.7. The summed E-state index contributed by atoms with van der Waals surface area (Å²) >= 11 is 0. The number of hydrogen-bond acceptors (Lipinski definition) is 4. The smallest absolute Gasteiger partial charge is 0.337 e. The molecule has 116 valence electrons. The monoisotopic (exact) mass is 309 g/mol. The third-order valence-corrected chi connectivity index (χ3v) is 3.59. The maximum Gasteiger partial charge on any atom is 0.337 e. The van der Waals surface area contributed by atoms with E-state index in [2.05, 4.69) is 15.5 Å². The number of anilines is 1. The molecule has 6 nitrogen and oxygen atoms in total. The van der Waals surface area contributed by atoms with Gasteiger partial charge in [0.25, 0.3) is 5.91 Å². The number of aromatic amines is 1. The Labute approximate surface area is 132 Å². The van der Waals surface area contributed by atoms with Crippen molar-refractivity contribution in [3.8, 4) is 0 Å². The molecule has 0 aliphatic carbocycles. The summed E-state index contributed by atoms with van der Waals surface area (Å²) in [6, 6.07) is 12.4. The van der Waals surface area contributed by atoms with Gasteiger partial charge >= 0.3 is 5.97 Å². The van der Waals surface area contributed by atoms with Gasteiger partial charge in [0.05, 0.1) is 18.2 Å². The van der Waals surface area contributed by atoms with Crippen molar-refractivity contribution in [1.29, 1.82) is 0 Å². The van der Waals surface area contributed by atoms with Crippen molar-refractivity contribution in [2.75, 3.05) is 12.4 Å². The van der Waals surface area contributed by atoms with Crippen molar-refractivity contribution in [3.63, 3.8) is 0 Å². The van der Waals surface area contributed by atoms with E-state index >= 15 is 0 Å². The molecule has 0 saturated carbocycles.